The number of likely N-dealkylation sites (N-methyl/N-ethyl adjacent to an activating group) is 1. The van der Waals surface area contributed by atoms with Crippen LogP contribution in [0.4, 0.5) is 8.78 Å². The van der Waals surface area contributed by atoms with Gasteiger partial charge in [0.25, 0.3) is 0 Å². The van der Waals surface area contributed by atoms with Crippen molar-refractivity contribution < 1.29 is 18.4 Å². The number of piperidine rings is 2. The van der Waals surface area contributed by atoms with Gasteiger partial charge in [0, 0.05) is 36.2 Å². The minimum Gasteiger partial charge on any atom is -0.301 e. The van der Waals surface area contributed by atoms with Crippen LogP contribution in [0.15, 0.2) is 90.5 Å². The van der Waals surface area contributed by atoms with Crippen LogP contribution >= 0.6 is 0 Å². The van der Waals surface area contributed by atoms with E-state index in [-0.39, 0.29) is 29.2 Å². The minimum atomic E-state index is -1.26. The first-order valence-electron chi connectivity index (χ1n) is 15.1. The lowest BCUT2D eigenvalue weighted by Crippen LogP contribution is -2.65. The highest BCUT2D eigenvalue weighted by Gasteiger charge is 2.77. The zero-order valence-electron chi connectivity index (χ0n) is 24.0. The first-order chi connectivity index (χ1) is 20.9. The molecule has 4 aromatic carbocycles. The molecule has 0 unspecified atom stereocenters. The van der Waals surface area contributed by atoms with Gasteiger partial charge in [0.05, 0.1) is 5.41 Å². The molecule has 3 fully saturated rings. The van der Waals surface area contributed by atoms with Crippen molar-refractivity contribution in [1.29, 1.82) is 0 Å². The fraction of sp³-hybridized carbons (Fsp3) is 0.297. The van der Waals surface area contributed by atoms with E-state index < -0.39 is 16.9 Å². The lowest BCUT2D eigenvalue weighted by Gasteiger charge is -2.52. The van der Waals surface area contributed by atoms with E-state index >= 15 is 9.59 Å². The number of benzene rings is 4. The molecule has 4 aliphatic rings. The Morgan fingerprint density at radius 3 is 2.40 bits per heavy atom. The Hall–Kier alpha value is -4.00. The summed E-state index contributed by atoms with van der Waals surface area (Å²) in [6, 6.07) is 24.6. The molecule has 1 aliphatic carbocycles. The fourth-order valence-corrected chi connectivity index (χ4v) is 9.24. The molecule has 0 N–H and O–H groups in total. The van der Waals surface area contributed by atoms with E-state index in [0.717, 1.165) is 41.2 Å². The molecule has 4 atom stereocenters. The van der Waals surface area contributed by atoms with Crippen LogP contribution in [0.3, 0.4) is 0 Å². The quantitative estimate of drug-likeness (QED) is 0.249. The van der Waals surface area contributed by atoms with Crippen LogP contribution in [-0.4, -0.2) is 54.1 Å². The van der Waals surface area contributed by atoms with E-state index in [1.54, 1.807) is 30.3 Å². The Labute approximate surface area is 249 Å². The maximum absolute atomic E-state index is 15.5. The smallest absolute Gasteiger partial charge is 0.189 e. The highest BCUT2D eigenvalue weighted by molar-refractivity contribution is 6.24. The molecule has 0 radical (unpaired) electrons. The van der Waals surface area contributed by atoms with Crippen molar-refractivity contribution in [2.75, 3.05) is 26.7 Å². The van der Waals surface area contributed by atoms with E-state index in [0.29, 0.717) is 36.3 Å². The molecular formula is C37H32F2N2O2. The molecule has 0 amide bonds. The van der Waals surface area contributed by atoms with Crippen molar-refractivity contribution in [2.24, 2.45) is 5.41 Å². The molecule has 3 aliphatic heterocycles. The second-order valence-corrected chi connectivity index (χ2v) is 12.7. The molecular weight excluding hydrogens is 542 g/mol. The Balaban J connectivity index is 1.47. The Morgan fingerprint density at radius 2 is 1.60 bits per heavy atom. The molecule has 8 rings (SSSR count). The molecule has 216 valence electrons. The number of likely N-dealkylation sites (tertiary alicyclic amines) is 1. The van der Waals surface area contributed by atoms with Crippen LogP contribution < -0.4 is 0 Å². The third-order valence-electron chi connectivity index (χ3n) is 10.5. The van der Waals surface area contributed by atoms with Gasteiger partial charge in [-0.05, 0) is 84.2 Å². The number of hydrogen-bond acceptors (Lipinski definition) is 4. The number of nitrogens with zero attached hydrogens (tertiary/aromatic N) is 2. The monoisotopic (exact) mass is 574 g/mol. The lowest BCUT2D eigenvalue weighted by molar-refractivity contribution is -0.134. The van der Waals surface area contributed by atoms with Gasteiger partial charge >= 0.3 is 0 Å². The summed E-state index contributed by atoms with van der Waals surface area (Å²) in [5.41, 5.74) is 0.911. The highest BCUT2D eigenvalue weighted by Crippen LogP contribution is 2.69. The van der Waals surface area contributed by atoms with E-state index in [2.05, 4.69) is 9.80 Å². The van der Waals surface area contributed by atoms with E-state index in [9.17, 15) is 8.78 Å². The van der Waals surface area contributed by atoms with Crippen LogP contribution in [0, 0.1) is 17.0 Å². The number of rotatable bonds is 2. The maximum Gasteiger partial charge on any atom is 0.189 e. The fourth-order valence-electron chi connectivity index (χ4n) is 9.24. The standard InChI is InChI=1S/C37H32F2N2O2/c1-40-21-26(18-23-8-4-12-27(38)19-23)34(42)36(22-40)33(25-11-5-13-28(39)20-25)31-16-2-3-17-41(31)37(36)30-15-7-10-24-9-6-14-29(32(24)30)35(37)43/h4-15,18-20,31,33H,2-3,16-17,21-22H2,1H3/b26-18+/t31-,33-,36-,37-/m0/s1. The lowest BCUT2D eigenvalue weighted by atomic mass is 9.54. The molecule has 4 nitrogen and oxygen atoms in total. The molecule has 6 heteroatoms. The predicted octanol–water partition coefficient (Wildman–Crippen LogP) is 6.75. The Morgan fingerprint density at radius 1 is 0.860 bits per heavy atom. The molecule has 0 aromatic heterocycles. The Bertz CT molecular complexity index is 1860. The summed E-state index contributed by atoms with van der Waals surface area (Å²) in [6.45, 7) is 1.39. The van der Waals surface area contributed by atoms with Crippen molar-refractivity contribution >= 4 is 28.4 Å². The minimum absolute atomic E-state index is 0.0427. The third kappa shape index (κ3) is 3.48. The summed E-state index contributed by atoms with van der Waals surface area (Å²) in [5, 5.41) is 1.89. The zero-order chi connectivity index (χ0) is 29.5. The number of hydrogen-bond donors (Lipinski definition) is 0. The summed E-state index contributed by atoms with van der Waals surface area (Å²) in [5.74, 6) is -1.30. The van der Waals surface area contributed by atoms with Crippen LogP contribution in [-0.2, 0) is 10.3 Å². The molecule has 2 spiro atoms. The van der Waals surface area contributed by atoms with Crippen molar-refractivity contribution in [3.63, 3.8) is 0 Å². The molecule has 4 aromatic rings. The maximum atomic E-state index is 15.5. The number of carbonyl (C=O) groups excluding carboxylic acids is 2. The van der Waals surface area contributed by atoms with Gasteiger partial charge in [0.15, 0.2) is 11.6 Å². The van der Waals surface area contributed by atoms with Crippen molar-refractivity contribution in [2.45, 2.75) is 36.8 Å². The van der Waals surface area contributed by atoms with E-state index in [1.807, 2.05) is 49.5 Å². The van der Waals surface area contributed by atoms with Crippen molar-refractivity contribution in [3.05, 3.63) is 124 Å². The molecule has 43 heavy (non-hydrogen) atoms. The number of ketones is 2. The van der Waals surface area contributed by atoms with Crippen molar-refractivity contribution in [3.8, 4) is 0 Å². The molecule has 0 saturated carbocycles. The van der Waals surface area contributed by atoms with Gasteiger partial charge in [-0.2, -0.15) is 0 Å². The summed E-state index contributed by atoms with van der Waals surface area (Å²) < 4.78 is 29.3. The summed E-state index contributed by atoms with van der Waals surface area (Å²) in [4.78, 5) is 35.2. The summed E-state index contributed by atoms with van der Waals surface area (Å²) >= 11 is 0. The van der Waals surface area contributed by atoms with Crippen molar-refractivity contribution in [1.82, 2.24) is 9.80 Å². The average Bonchev–Trinajstić information content (AvgIpc) is 3.41. The van der Waals surface area contributed by atoms with Gasteiger partial charge in [-0.3, -0.25) is 14.5 Å². The number of fused-ring (bicyclic) bond motifs is 4. The Kier molecular flexibility index (Phi) is 5.88. The van der Waals surface area contributed by atoms with Gasteiger partial charge < -0.3 is 4.90 Å². The summed E-state index contributed by atoms with van der Waals surface area (Å²) in [7, 11) is 1.98. The van der Waals surface area contributed by atoms with Crippen LogP contribution in [0.1, 0.15) is 52.2 Å². The molecule has 0 bridgehead atoms. The number of Topliss-reactive ketones (excluding diaryl/α,β-unsaturated/α-hetero) is 2. The predicted molar refractivity (Wildman–Crippen MR) is 163 cm³/mol. The van der Waals surface area contributed by atoms with E-state index in [1.165, 1.54) is 18.2 Å². The zero-order valence-corrected chi connectivity index (χ0v) is 24.0. The second-order valence-electron chi connectivity index (χ2n) is 12.7. The SMILES string of the molecule is CN1C/C(=C\c2cccc(F)c2)C(=O)[C@]2(C1)[C@@H](c1cccc(F)c1)[C@@H]1CCCCN1[C@@]21C(=O)c2cccc3cccc1c23. The normalized spacial score (nSPS) is 29.8. The topological polar surface area (TPSA) is 40.6 Å². The van der Waals surface area contributed by atoms with Gasteiger partial charge in [-0.15, -0.1) is 0 Å². The first-order valence-corrected chi connectivity index (χ1v) is 15.1. The summed E-state index contributed by atoms with van der Waals surface area (Å²) in [6.07, 6.45) is 4.48. The van der Waals surface area contributed by atoms with Gasteiger partial charge in [-0.25, -0.2) is 8.78 Å². The van der Waals surface area contributed by atoms with Gasteiger partial charge in [-0.1, -0.05) is 67.1 Å². The molecule has 3 heterocycles. The van der Waals surface area contributed by atoms with Gasteiger partial charge in [0.2, 0.25) is 0 Å². The second kappa shape index (κ2) is 9.50. The van der Waals surface area contributed by atoms with Crippen LogP contribution in [0.25, 0.3) is 16.8 Å². The highest BCUT2D eigenvalue weighted by atomic mass is 19.1. The van der Waals surface area contributed by atoms with Crippen LogP contribution in [0.5, 0.6) is 0 Å². The first kappa shape index (κ1) is 26.6. The largest absolute Gasteiger partial charge is 0.301 e. The number of halogens is 2. The molecule has 3 saturated heterocycles. The third-order valence-corrected chi connectivity index (χ3v) is 10.5. The van der Waals surface area contributed by atoms with E-state index in [4.69, 9.17) is 0 Å². The van der Waals surface area contributed by atoms with Gasteiger partial charge in [0.1, 0.15) is 17.2 Å². The number of carbonyl (C=O) groups is 2. The van der Waals surface area contributed by atoms with Crippen LogP contribution in [0.2, 0.25) is 0 Å². The average molecular weight is 575 g/mol.